The Morgan fingerprint density at radius 1 is 0.696 bits per heavy atom. The Kier molecular flexibility index (Phi) is 16.7. The Bertz CT molecular complexity index is 2400. The van der Waals surface area contributed by atoms with Crippen LogP contribution in [0.4, 0.5) is 0 Å². The second-order valence-electron chi connectivity index (χ2n) is 23.9. The molecular weight excluding hydrogens is 837 g/mol. The number of hydrogen-bond donors (Lipinski definition) is 0. The molecule has 0 heterocycles. The fraction of sp³-hybridized carbons (Fsp3) is 0.567. The van der Waals surface area contributed by atoms with Crippen molar-refractivity contribution in [2.75, 3.05) is 7.11 Å². The minimum absolute atomic E-state index is 0.271. The van der Waals surface area contributed by atoms with Crippen LogP contribution in [-0.2, 0) is 22.4 Å². The van der Waals surface area contributed by atoms with Crippen LogP contribution in [0.1, 0.15) is 224 Å². The summed E-state index contributed by atoms with van der Waals surface area (Å²) in [6.45, 7) is 31.9. The van der Waals surface area contributed by atoms with Crippen LogP contribution < -0.4 is 0 Å². The van der Waals surface area contributed by atoms with Gasteiger partial charge in [0.2, 0.25) is 0 Å². The van der Waals surface area contributed by atoms with Crippen LogP contribution >= 0.6 is 0 Å². The van der Waals surface area contributed by atoms with E-state index < -0.39 is 0 Å². The molecule has 3 fully saturated rings. The molecule has 5 aliphatic rings. The largest absolute Gasteiger partial charge is 0.502 e. The van der Waals surface area contributed by atoms with E-state index in [0.717, 1.165) is 31.4 Å². The molecule has 0 spiro atoms. The zero-order valence-electron chi connectivity index (χ0n) is 44.8. The summed E-state index contributed by atoms with van der Waals surface area (Å²) in [5.41, 5.74) is 21.1. The zero-order valence-corrected chi connectivity index (χ0v) is 44.8. The van der Waals surface area contributed by atoms with Gasteiger partial charge in [-0.1, -0.05) is 176 Å². The van der Waals surface area contributed by atoms with Gasteiger partial charge in [-0.2, -0.15) is 0 Å². The Hall–Kier alpha value is -4.17. The zero-order chi connectivity index (χ0) is 49.1. The van der Waals surface area contributed by atoms with Crippen LogP contribution in [0.2, 0.25) is 0 Å². The quantitative estimate of drug-likeness (QED) is 0.0786. The molecule has 8 atom stereocenters. The van der Waals surface area contributed by atoms with Crippen molar-refractivity contribution in [3.63, 3.8) is 0 Å². The van der Waals surface area contributed by atoms with Gasteiger partial charge >= 0.3 is 0 Å². The van der Waals surface area contributed by atoms with E-state index in [1.807, 2.05) is 0 Å². The Morgan fingerprint density at radius 3 is 1.91 bits per heavy atom. The predicted octanol–water partition coefficient (Wildman–Crippen LogP) is 18.5. The van der Waals surface area contributed by atoms with Crippen LogP contribution in [0.5, 0.6) is 0 Å². The Balaban J connectivity index is 1.09. The first-order valence-electron chi connectivity index (χ1n) is 28.0. The van der Waals surface area contributed by atoms with E-state index >= 15 is 0 Å². The van der Waals surface area contributed by atoms with Crippen molar-refractivity contribution >= 4 is 17.9 Å². The lowest BCUT2D eigenvalue weighted by Crippen LogP contribution is -2.23. The van der Waals surface area contributed by atoms with Crippen LogP contribution in [0.3, 0.4) is 0 Å². The summed E-state index contributed by atoms with van der Waals surface area (Å²) in [7, 11) is 1.75. The topological polar surface area (TPSA) is 26.3 Å². The number of aryl methyl sites for hydroxylation is 2. The molecule has 0 aromatic heterocycles. The van der Waals surface area contributed by atoms with Crippen molar-refractivity contribution in [2.24, 2.45) is 41.4 Å². The highest BCUT2D eigenvalue weighted by Gasteiger charge is 2.41. The third-order valence-corrected chi connectivity index (χ3v) is 18.6. The molecule has 0 saturated heterocycles. The molecule has 3 saturated carbocycles. The van der Waals surface area contributed by atoms with Crippen LogP contribution in [0.15, 0.2) is 96.3 Å². The number of ether oxygens (including phenoxy) is 1. The maximum atomic E-state index is 12.4. The second-order valence-corrected chi connectivity index (χ2v) is 23.9. The van der Waals surface area contributed by atoms with Gasteiger partial charge < -0.3 is 9.53 Å². The maximum Gasteiger partial charge on any atom is 0.130 e. The number of hydrogen-bond acceptors (Lipinski definition) is 2. The standard InChI is InChI=1S/C67H90O2/c1-13-14-19-51(47(10)65(42(4)5)33-46(9)69-12)34-49-35-52-24-26-54(38-56(52)36-49)62-28-29-63(67(62)59-30-43(6)66(44(7)31-59)50-20-16-15-17-21-50)55-27-25-53-37-58(40-57(53)39-55)61-23-18-22-60(61)48(11)64(41(2)3)32-45(8)68/h24-27,30-31,36,38-42,50-51,60-65,67H,9-11,13-23,28-29,32-35,37H2,1-8,12H3/t51?,60?,61-,62+,63+,64-,65-,67?/m0/s1. The van der Waals surface area contributed by atoms with Gasteiger partial charge in [-0.3, -0.25) is 0 Å². The normalized spacial score (nSPS) is 23.7. The number of methoxy groups -OCH3 is 1. The Labute approximate surface area is 420 Å². The third-order valence-electron chi connectivity index (χ3n) is 18.6. The molecule has 370 valence electrons. The van der Waals surface area contributed by atoms with Gasteiger partial charge in [-0.15, -0.1) is 0 Å². The molecule has 0 bridgehead atoms. The minimum atomic E-state index is 0.271. The number of carbonyl (C=O) groups excluding carboxylic acids is 1. The van der Waals surface area contributed by atoms with E-state index in [1.54, 1.807) is 36.3 Å². The van der Waals surface area contributed by atoms with Crippen molar-refractivity contribution in [2.45, 2.75) is 195 Å². The third kappa shape index (κ3) is 11.3. The smallest absolute Gasteiger partial charge is 0.130 e. The highest BCUT2D eigenvalue weighted by molar-refractivity contribution is 5.76. The average molecular weight is 927 g/mol. The van der Waals surface area contributed by atoms with Gasteiger partial charge in [0.1, 0.15) is 5.78 Å². The van der Waals surface area contributed by atoms with Crippen molar-refractivity contribution in [1.29, 1.82) is 0 Å². The van der Waals surface area contributed by atoms with Crippen LogP contribution in [-0.4, -0.2) is 12.9 Å². The lowest BCUT2D eigenvalue weighted by molar-refractivity contribution is -0.118. The van der Waals surface area contributed by atoms with Crippen molar-refractivity contribution in [1.82, 2.24) is 0 Å². The molecular formula is C67H90O2. The van der Waals surface area contributed by atoms with Gasteiger partial charge in [0.05, 0.1) is 12.9 Å². The molecule has 3 unspecified atom stereocenters. The van der Waals surface area contributed by atoms with Gasteiger partial charge in [0.15, 0.2) is 0 Å². The lowest BCUT2D eigenvalue weighted by atomic mass is 9.74. The molecule has 0 aliphatic heterocycles. The minimum Gasteiger partial charge on any atom is -0.502 e. The molecule has 69 heavy (non-hydrogen) atoms. The fourth-order valence-corrected chi connectivity index (χ4v) is 14.9. The van der Waals surface area contributed by atoms with E-state index in [2.05, 4.69) is 116 Å². The molecule has 3 aromatic rings. The summed E-state index contributed by atoms with van der Waals surface area (Å²) >= 11 is 0. The summed E-state index contributed by atoms with van der Waals surface area (Å²) in [5, 5.41) is 0. The molecule has 0 N–H and O–H groups in total. The van der Waals surface area contributed by atoms with E-state index in [9.17, 15) is 4.79 Å². The number of rotatable bonds is 21. The highest BCUT2D eigenvalue weighted by atomic mass is 16.5. The highest BCUT2D eigenvalue weighted by Crippen LogP contribution is 2.56. The maximum absolute atomic E-state index is 12.4. The van der Waals surface area contributed by atoms with Crippen molar-refractivity contribution in [3.05, 3.63) is 152 Å². The number of ketones is 1. The van der Waals surface area contributed by atoms with Crippen LogP contribution in [0.25, 0.3) is 12.2 Å². The van der Waals surface area contributed by atoms with E-state index in [-0.39, 0.29) is 11.7 Å². The molecule has 2 nitrogen and oxygen atoms in total. The lowest BCUT2D eigenvalue weighted by Gasteiger charge is -2.31. The van der Waals surface area contributed by atoms with Crippen LogP contribution in [0, 0.1) is 55.3 Å². The number of unbranched alkanes of at least 4 members (excludes halogenated alkanes) is 1. The summed E-state index contributed by atoms with van der Waals surface area (Å²) in [6.07, 6.45) is 26.4. The van der Waals surface area contributed by atoms with Gasteiger partial charge in [-0.05, 0) is 206 Å². The summed E-state index contributed by atoms with van der Waals surface area (Å²) < 4.78 is 5.59. The molecule has 5 aliphatic carbocycles. The number of benzene rings is 3. The number of carbonyl (C=O) groups is 1. The van der Waals surface area contributed by atoms with E-state index in [4.69, 9.17) is 17.9 Å². The molecule has 8 rings (SSSR count). The van der Waals surface area contributed by atoms with Gasteiger partial charge in [-0.25, -0.2) is 0 Å². The van der Waals surface area contributed by atoms with Crippen molar-refractivity contribution < 1.29 is 9.53 Å². The van der Waals surface area contributed by atoms with E-state index in [1.165, 1.54) is 139 Å². The molecule has 0 radical (unpaired) electrons. The second kappa shape index (κ2) is 22.5. The molecule has 3 aromatic carbocycles. The fourth-order valence-electron chi connectivity index (χ4n) is 14.9. The number of fused-ring (bicyclic) bond motifs is 2. The summed E-state index contributed by atoms with van der Waals surface area (Å²) in [4.78, 5) is 12.4. The Morgan fingerprint density at radius 2 is 1.32 bits per heavy atom. The summed E-state index contributed by atoms with van der Waals surface area (Å²) in [6, 6.07) is 20.5. The average Bonchev–Trinajstić information content (AvgIpc) is 4.15. The first-order chi connectivity index (χ1) is 33.1. The van der Waals surface area contributed by atoms with E-state index in [0.29, 0.717) is 65.6 Å². The molecule has 2 heteroatoms. The molecule has 0 amide bonds. The monoisotopic (exact) mass is 927 g/mol. The summed E-state index contributed by atoms with van der Waals surface area (Å²) in [5.74, 6) is 6.25. The predicted molar refractivity (Wildman–Crippen MR) is 295 cm³/mol. The van der Waals surface area contributed by atoms with Crippen molar-refractivity contribution in [3.8, 4) is 0 Å². The first-order valence-corrected chi connectivity index (χ1v) is 28.0. The van der Waals surface area contributed by atoms with Gasteiger partial charge in [0, 0.05) is 12.8 Å². The number of Topliss-reactive ketones (excluding diaryl/α,β-unsaturated/α-hetero) is 1. The SMILES string of the molecule is C=C(C[C@H](C(=C)C(CCCC)CC1=Cc2cc([C@H]3CC[C@H](c4ccc5c(c4)C=C([C@@H]4CCCC4C(=C)[C@@H](CC(C)=O)C(C)C)C5)C3c3cc(C)c(C4CCCCC4)c(C)c3)ccc2C1)C(C)C)OC. The first kappa shape index (κ1) is 51.2. The van der Waals surface area contributed by atoms with Gasteiger partial charge in [0.25, 0.3) is 0 Å². The number of allylic oxidation sites excluding steroid dienone is 5.